The number of rotatable bonds is 3. The number of aliphatic carboxylic acids is 2. The first kappa shape index (κ1) is 39.6. The number of carboxylic acid groups (broad SMARTS) is 2. The van der Waals surface area contributed by atoms with Gasteiger partial charge in [0.2, 0.25) is 0 Å². The van der Waals surface area contributed by atoms with Crippen LogP contribution in [0.15, 0.2) is 0 Å². The third-order valence-corrected chi connectivity index (χ3v) is 0.533. The maximum atomic E-state index is 9.50. The van der Waals surface area contributed by atoms with E-state index in [1.807, 2.05) is 0 Å². The van der Waals surface area contributed by atoms with Crippen molar-refractivity contribution in [2.45, 2.75) is 12.8 Å². The Balaban J connectivity index is -0.0000000245. The summed E-state index contributed by atoms with van der Waals surface area (Å²) >= 11 is 0. The minimum Gasteiger partial charge on any atom is -0.550 e. The normalized spacial score (nSPS) is 5.23. The molecule has 0 saturated carbocycles. The van der Waals surface area contributed by atoms with E-state index in [9.17, 15) is 19.8 Å². The van der Waals surface area contributed by atoms with Crippen LogP contribution < -0.4 is 10.2 Å². The van der Waals surface area contributed by atoms with E-state index in [4.69, 9.17) is 0 Å². The summed E-state index contributed by atoms with van der Waals surface area (Å²) in [4.78, 5) is 19.0. The molecule has 9 heteroatoms. The fraction of sp³-hybridized carbons (Fsp3) is 0.500. The molecular formula is C4H12MnO8. The van der Waals surface area contributed by atoms with E-state index in [0.29, 0.717) is 0 Å². The first-order chi connectivity index (χ1) is 3.63. The third kappa shape index (κ3) is 52.9. The first-order valence-electron chi connectivity index (χ1n) is 2.02. The first-order valence-corrected chi connectivity index (χ1v) is 2.02. The summed E-state index contributed by atoms with van der Waals surface area (Å²) in [6.07, 6.45) is -0.940. The van der Waals surface area contributed by atoms with Crippen molar-refractivity contribution < 1.29 is 58.8 Å². The van der Waals surface area contributed by atoms with Gasteiger partial charge in [-0.1, -0.05) is 0 Å². The van der Waals surface area contributed by atoms with Gasteiger partial charge in [-0.15, -0.1) is 0 Å². The molecule has 13 heavy (non-hydrogen) atoms. The largest absolute Gasteiger partial charge is 2.00 e. The smallest absolute Gasteiger partial charge is 0.550 e. The molecule has 0 spiro atoms. The number of carbonyl (C=O) groups excluding carboxylic acids is 2. The molecule has 0 aliphatic carbocycles. The Labute approximate surface area is 84.3 Å². The number of carbonyl (C=O) groups is 2. The monoisotopic (exact) mass is 243 g/mol. The van der Waals surface area contributed by atoms with Gasteiger partial charge in [0.25, 0.3) is 0 Å². The van der Waals surface area contributed by atoms with E-state index in [1.54, 1.807) is 0 Å². The van der Waals surface area contributed by atoms with Crippen molar-refractivity contribution >= 4 is 11.9 Å². The summed E-state index contributed by atoms with van der Waals surface area (Å²) in [5.41, 5.74) is 0. The van der Waals surface area contributed by atoms with Crippen molar-refractivity contribution in [3.8, 4) is 0 Å². The second-order valence-electron chi connectivity index (χ2n) is 1.24. The third-order valence-electron chi connectivity index (χ3n) is 0.533. The maximum Gasteiger partial charge on any atom is 2.00 e. The van der Waals surface area contributed by atoms with Crippen molar-refractivity contribution in [2.24, 2.45) is 0 Å². The van der Waals surface area contributed by atoms with E-state index in [0.717, 1.165) is 0 Å². The molecule has 0 saturated heterocycles. The van der Waals surface area contributed by atoms with Gasteiger partial charge in [0.05, 0.1) is 0 Å². The Morgan fingerprint density at radius 3 is 1.00 bits per heavy atom. The molecule has 0 aromatic heterocycles. The van der Waals surface area contributed by atoms with Gasteiger partial charge in [-0.2, -0.15) is 0 Å². The van der Waals surface area contributed by atoms with E-state index < -0.39 is 24.8 Å². The average molecular weight is 243 g/mol. The Bertz CT molecular complexity index is 101. The number of hydrogen-bond donors (Lipinski definition) is 0. The molecule has 0 heterocycles. The molecule has 0 bridgehead atoms. The summed E-state index contributed by atoms with van der Waals surface area (Å²) in [6, 6.07) is 0. The zero-order valence-corrected chi connectivity index (χ0v) is 7.61. The van der Waals surface area contributed by atoms with Crippen molar-refractivity contribution in [3.05, 3.63) is 0 Å². The van der Waals surface area contributed by atoms with Crippen LogP contribution in [0.25, 0.3) is 0 Å². The van der Waals surface area contributed by atoms with E-state index in [1.165, 1.54) is 0 Å². The van der Waals surface area contributed by atoms with Crippen molar-refractivity contribution in [1.29, 1.82) is 0 Å². The zero-order valence-electron chi connectivity index (χ0n) is 6.43. The van der Waals surface area contributed by atoms with Gasteiger partial charge in [0.1, 0.15) is 0 Å². The van der Waals surface area contributed by atoms with Gasteiger partial charge in [-0.25, -0.2) is 0 Å². The Kier molecular flexibility index (Phi) is 68.5. The minimum atomic E-state index is -1.37. The SMILES string of the molecule is O.O.O.O.O=C([O-])CCC(=O)[O-].[Mn+2]. The molecule has 0 aromatic carbocycles. The van der Waals surface area contributed by atoms with Gasteiger partial charge in [0.15, 0.2) is 0 Å². The summed E-state index contributed by atoms with van der Waals surface area (Å²) in [6.45, 7) is 0. The van der Waals surface area contributed by atoms with E-state index in [-0.39, 0.29) is 39.0 Å². The Hall–Kier alpha value is -0.701. The van der Waals surface area contributed by atoms with Gasteiger partial charge in [-0.3, -0.25) is 0 Å². The predicted octanol–water partition coefficient (Wildman–Crippen LogP) is -6.03. The molecule has 0 rings (SSSR count). The topological polar surface area (TPSA) is 206 Å². The van der Waals surface area contributed by atoms with Crippen LogP contribution in [0.1, 0.15) is 12.8 Å². The summed E-state index contributed by atoms with van der Waals surface area (Å²) in [5.74, 6) is -2.73. The van der Waals surface area contributed by atoms with Crippen LogP contribution in [0.4, 0.5) is 0 Å². The Morgan fingerprint density at radius 2 is 0.923 bits per heavy atom. The van der Waals surface area contributed by atoms with Gasteiger partial charge in [0, 0.05) is 11.9 Å². The zero-order chi connectivity index (χ0) is 6.57. The molecule has 0 aromatic rings. The van der Waals surface area contributed by atoms with Gasteiger partial charge >= 0.3 is 17.1 Å². The van der Waals surface area contributed by atoms with Crippen LogP contribution in [0.2, 0.25) is 0 Å². The molecule has 0 aliphatic heterocycles. The van der Waals surface area contributed by atoms with Gasteiger partial charge in [-0.05, 0) is 12.8 Å². The fourth-order valence-electron chi connectivity index (χ4n) is 0.204. The van der Waals surface area contributed by atoms with Crippen molar-refractivity contribution in [2.75, 3.05) is 0 Å². The van der Waals surface area contributed by atoms with Crippen LogP contribution in [-0.2, 0) is 26.7 Å². The van der Waals surface area contributed by atoms with Crippen LogP contribution in [0, 0.1) is 0 Å². The van der Waals surface area contributed by atoms with E-state index >= 15 is 0 Å². The number of carboxylic acids is 2. The van der Waals surface area contributed by atoms with Crippen LogP contribution in [0.3, 0.4) is 0 Å². The van der Waals surface area contributed by atoms with Crippen LogP contribution >= 0.6 is 0 Å². The summed E-state index contributed by atoms with van der Waals surface area (Å²) in [7, 11) is 0. The van der Waals surface area contributed by atoms with Crippen LogP contribution in [-0.4, -0.2) is 33.8 Å². The molecule has 0 atom stereocenters. The second kappa shape index (κ2) is 22.5. The molecule has 8 N–H and O–H groups in total. The molecular weight excluding hydrogens is 231 g/mol. The predicted molar refractivity (Wildman–Crippen MR) is 33.7 cm³/mol. The van der Waals surface area contributed by atoms with Gasteiger partial charge < -0.3 is 41.7 Å². The molecule has 0 unspecified atom stereocenters. The molecule has 83 valence electrons. The maximum absolute atomic E-state index is 9.50. The molecule has 0 amide bonds. The molecule has 1 radical (unpaired) electrons. The average Bonchev–Trinajstić information content (AvgIpc) is 1.61. The number of hydrogen-bond acceptors (Lipinski definition) is 4. The van der Waals surface area contributed by atoms with E-state index in [2.05, 4.69) is 0 Å². The fourth-order valence-corrected chi connectivity index (χ4v) is 0.204. The van der Waals surface area contributed by atoms with Crippen molar-refractivity contribution in [3.63, 3.8) is 0 Å². The van der Waals surface area contributed by atoms with Crippen molar-refractivity contribution in [1.82, 2.24) is 0 Å². The molecule has 0 aliphatic rings. The standard InChI is InChI=1S/C4H6O4.Mn.4H2O/c5-3(6)1-2-4(7)8;;;;;/h1-2H2,(H,5,6)(H,7,8);;4*1H2/q;+2;;;;/p-2. The second-order valence-corrected chi connectivity index (χ2v) is 1.24. The molecule has 8 nitrogen and oxygen atoms in total. The summed E-state index contributed by atoms with van der Waals surface area (Å²) < 4.78 is 0. The molecule has 0 fully saturated rings. The Morgan fingerprint density at radius 1 is 0.769 bits per heavy atom. The summed E-state index contributed by atoms with van der Waals surface area (Å²) in [5, 5.41) is 19.0. The minimum absolute atomic E-state index is 0. The quantitative estimate of drug-likeness (QED) is 0.443. The van der Waals surface area contributed by atoms with Crippen LogP contribution in [0.5, 0.6) is 0 Å².